The molecule has 0 aliphatic carbocycles. The van der Waals surface area contributed by atoms with Gasteiger partial charge in [-0.25, -0.2) is 4.79 Å². The third-order valence-electron chi connectivity index (χ3n) is 2.33. The van der Waals surface area contributed by atoms with Crippen LogP contribution in [-0.4, -0.2) is 43.3 Å². The van der Waals surface area contributed by atoms with Crippen molar-refractivity contribution >= 4 is 5.97 Å². The van der Waals surface area contributed by atoms with Crippen molar-refractivity contribution in [2.45, 2.75) is 32.3 Å². The number of allylic oxidation sites excluding steroid dienone is 2. The van der Waals surface area contributed by atoms with Crippen LogP contribution in [0.15, 0.2) is 23.8 Å². The second-order valence-corrected chi connectivity index (χ2v) is 3.84. The van der Waals surface area contributed by atoms with Gasteiger partial charge in [0, 0.05) is 6.08 Å². The van der Waals surface area contributed by atoms with Crippen molar-refractivity contribution in [1.82, 2.24) is 0 Å². The van der Waals surface area contributed by atoms with Crippen LogP contribution in [0.4, 0.5) is 0 Å². The summed E-state index contributed by atoms with van der Waals surface area (Å²) in [5.74, 6) is -0.408. The van der Waals surface area contributed by atoms with Gasteiger partial charge < -0.3 is 19.3 Å². The zero-order valence-corrected chi connectivity index (χ0v) is 10.3. The molecule has 1 rings (SSSR count). The highest BCUT2D eigenvalue weighted by Gasteiger charge is 2.25. The van der Waals surface area contributed by atoms with Gasteiger partial charge in [0.05, 0.1) is 13.7 Å². The van der Waals surface area contributed by atoms with Crippen LogP contribution >= 0.6 is 0 Å². The van der Waals surface area contributed by atoms with E-state index in [0.717, 1.165) is 5.57 Å². The molecular formula is C12H18O5. The Hall–Kier alpha value is -1.17. The quantitative estimate of drug-likeness (QED) is 0.450. The number of carbonyl (C=O) groups excluding carboxylic acids is 1. The van der Waals surface area contributed by atoms with E-state index in [1.807, 2.05) is 0 Å². The van der Waals surface area contributed by atoms with Crippen LogP contribution in [0.5, 0.6) is 0 Å². The van der Waals surface area contributed by atoms with Crippen molar-refractivity contribution in [2.24, 2.45) is 0 Å². The van der Waals surface area contributed by atoms with Gasteiger partial charge in [-0.1, -0.05) is 12.2 Å². The van der Waals surface area contributed by atoms with Crippen molar-refractivity contribution in [3.05, 3.63) is 23.8 Å². The predicted octanol–water partition coefficient (Wildman–Crippen LogP) is 0.784. The lowest BCUT2D eigenvalue weighted by Gasteiger charge is -2.30. The molecule has 0 amide bonds. The van der Waals surface area contributed by atoms with E-state index in [0.29, 0.717) is 0 Å². The summed E-state index contributed by atoms with van der Waals surface area (Å²) in [5, 5.41) is 9.62. The molecule has 1 aliphatic heterocycles. The summed E-state index contributed by atoms with van der Waals surface area (Å²) in [5.41, 5.74) is 0.729. The van der Waals surface area contributed by atoms with Gasteiger partial charge in [0.15, 0.2) is 6.29 Å². The van der Waals surface area contributed by atoms with Crippen LogP contribution in [-0.2, 0) is 19.0 Å². The first-order valence-electron chi connectivity index (χ1n) is 5.42. The summed E-state index contributed by atoms with van der Waals surface area (Å²) in [6, 6.07) is 0. The van der Waals surface area contributed by atoms with Gasteiger partial charge in [0.2, 0.25) is 0 Å². The minimum Gasteiger partial charge on any atom is -0.466 e. The lowest BCUT2D eigenvalue weighted by atomic mass is 10.1. The normalized spacial score (nSPS) is 30.6. The number of aliphatic hydroxyl groups is 1. The molecule has 0 aromatic heterocycles. The minimum atomic E-state index is -0.687. The highest BCUT2D eigenvalue weighted by molar-refractivity contribution is 5.83. The molecule has 0 aromatic rings. The van der Waals surface area contributed by atoms with Gasteiger partial charge in [0.25, 0.3) is 0 Å². The molecular weight excluding hydrogens is 224 g/mol. The van der Waals surface area contributed by atoms with E-state index in [2.05, 4.69) is 4.74 Å². The molecule has 0 spiro atoms. The van der Waals surface area contributed by atoms with Gasteiger partial charge in [-0.2, -0.15) is 0 Å². The molecule has 5 heteroatoms. The van der Waals surface area contributed by atoms with Crippen LogP contribution in [0.1, 0.15) is 13.8 Å². The molecule has 5 nitrogen and oxygen atoms in total. The number of carbonyl (C=O) groups is 1. The van der Waals surface area contributed by atoms with Crippen LogP contribution in [0.3, 0.4) is 0 Å². The molecule has 1 fully saturated rings. The first-order chi connectivity index (χ1) is 8.02. The van der Waals surface area contributed by atoms with Crippen LogP contribution < -0.4 is 0 Å². The van der Waals surface area contributed by atoms with Gasteiger partial charge in [-0.15, -0.1) is 0 Å². The van der Waals surface area contributed by atoms with Crippen LogP contribution in [0, 0.1) is 0 Å². The van der Waals surface area contributed by atoms with E-state index in [4.69, 9.17) is 9.47 Å². The van der Waals surface area contributed by atoms with Crippen LogP contribution in [0.25, 0.3) is 0 Å². The number of aliphatic hydroxyl groups excluding tert-OH is 1. The lowest BCUT2D eigenvalue weighted by Crippen LogP contribution is -2.41. The number of esters is 1. The second kappa shape index (κ2) is 6.54. The average Bonchev–Trinajstić information content (AvgIpc) is 2.30. The Balaban J connectivity index is 2.57. The highest BCUT2D eigenvalue weighted by Crippen LogP contribution is 2.14. The van der Waals surface area contributed by atoms with Gasteiger partial charge in [-0.05, 0) is 19.4 Å². The minimum absolute atomic E-state index is 0.246. The molecule has 0 bridgehead atoms. The third-order valence-corrected chi connectivity index (χ3v) is 2.33. The van der Waals surface area contributed by atoms with Crippen molar-refractivity contribution in [3.8, 4) is 0 Å². The summed E-state index contributed by atoms with van der Waals surface area (Å²) in [4.78, 5) is 11.0. The number of hydrogen-bond acceptors (Lipinski definition) is 5. The Kier molecular flexibility index (Phi) is 5.34. The Labute approximate surface area is 101 Å². The second-order valence-electron chi connectivity index (χ2n) is 3.84. The van der Waals surface area contributed by atoms with E-state index >= 15 is 0 Å². The fourth-order valence-electron chi connectivity index (χ4n) is 1.39. The zero-order valence-electron chi connectivity index (χ0n) is 10.3. The summed E-state index contributed by atoms with van der Waals surface area (Å²) >= 11 is 0. The highest BCUT2D eigenvalue weighted by atomic mass is 16.7. The molecule has 3 atom stereocenters. The number of ether oxygens (including phenoxy) is 3. The fraction of sp³-hybridized carbons (Fsp3) is 0.583. The largest absolute Gasteiger partial charge is 0.466 e. The molecule has 0 aromatic carbocycles. The predicted molar refractivity (Wildman–Crippen MR) is 61.2 cm³/mol. The van der Waals surface area contributed by atoms with Crippen molar-refractivity contribution < 1.29 is 24.1 Å². The van der Waals surface area contributed by atoms with E-state index in [1.54, 1.807) is 26.0 Å². The van der Waals surface area contributed by atoms with E-state index in [9.17, 15) is 9.90 Å². The maximum atomic E-state index is 11.0. The Morgan fingerprint density at radius 2 is 2.24 bits per heavy atom. The molecule has 0 unspecified atom stereocenters. The van der Waals surface area contributed by atoms with Gasteiger partial charge in [-0.3, -0.25) is 0 Å². The van der Waals surface area contributed by atoms with Gasteiger partial charge >= 0.3 is 5.97 Å². The van der Waals surface area contributed by atoms with Crippen LogP contribution in [0.2, 0.25) is 0 Å². The molecule has 17 heavy (non-hydrogen) atoms. The number of rotatable bonds is 3. The number of hydrogen-bond donors (Lipinski definition) is 1. The molecule has 0 saturated carbocycles. The Bertz CT molecular complexity index is 321. The maximum Gasteiger partial charge on any atom is 0.330 e. The van der Waals surface area contributed by atoms with E-state index in [-0.39, 0.29) is 12.9 Å². The topological polar surface area (TPSA) is 65.0 Å². The summed E-state index contributed by atoms with van der Waals surface area (Å²) < 4.78 is 15.0. The monoisotopic (exact) mass is 242 g/mol. The van der Waals surface area contributed by atoms with Gasteiger partial charge in [0.1, 0.15) is 12.2 Å². The van der Waals surface area contributed by atoms with Crippen molar-refractivity contribution in [2.75, 3.05) is 13.7 Å². The van der Waals surface area contributed by atoms with Crippen molar-refractivity contribution in [3.63, 3.8) is 0 Å². The summed E-state index contributed by atoms with van der Waals surface area (Å²) in [6.07, 6.45) is 3.35. The smallest absolute Gasteiger partial charge is 0.330 e. The SMILES string of the molecule is COC(=O)/C=C(C)\C=C/[C@@H]1O[C@H](C)OC[C@@H]1O. The zero-order chi connectivity index (χ0) is 12.8. The Morgan fingerprint density at radius 1 is 1.53 bits per heavy atom. The molecule has 1 saturated heterocycles. The molecule has 1 aliphatic rings. The summed E-state index contributed by atoms with van der Waals surface area (Å²) in [7, 11) is 1.32. The first-order valence-corrected chi connectivity index (χ1v) is 5.42. The molecule has 1 heterocycles. The molecule has 96 valence electrons. The fourth-order valence-corrected chi connectivity index (χ4v) is 1.39. The Morgan fingerprint density at radius 3 is 2.88 bits per heavy atom. The lowest BCUT2D eigenvalue weighted by molar-refractivity contribution is -0.230. The third kappa shape index (κ3) is 4.68. The van der Waals surface area contributed by atoms with Crippen molar-refractivity contribution in [1.29, 1.82) is 0 Å². The van der Waals surface area contributed by atoms with E-state index in [1.165, 1.54) is 13.2 Å². The van der Waals surface area contributed by atoms with E-state index < -0.39 is 18.2 Å². The molecule has 0 radical (unpaired) electrons. The average molecular weight is 242 g/mol. The molecule has 1 N–H and O–H groups in total. The maximum absolute atomic E-state index is 11.0. The first kappa shape index (κ1) is 13.9. The number of methoxy groups -OCH3 is 1. The standard InChI is InChI=1S/C12H18O5/c1-8(6-12(14)15-3)4-5-11-10(13)7-16-9(2)17-11/h4-6,9-11,13H,7H2,1-3H3/b5-4-,8-6-/t9-,10+,11+/m1/s1. The summed E-state index contributed by atoms with van der Waals surface area (Å²) in [6.45, 7) is 3.78.